The number of fused-ring (bicyclic) bond motifs is 1. The predicted octanol–water partition coefficient (Wildman–Crippen LogP) is 5.21. The van der Waals surface area contributed by atoms with Crippen molar-refractivity contribution < 1.29 is 48.7 Å². The van der Waals surface area contributed by atoms with E-state index >= 15 is 0 Å². The summed E-state index contributed by atoms with van der Waals surface area (Å²) >= 11 is 0. The van der Waals surface area contributed by atoms with Crippen molar-refractivity contribution in [3.8, 4) is 5.75 Å². The van der Waals surface area contributed by atoms with Gasteiger partial charge in [0, 0.05) is 0 Å². The van der Waals surface area contributed by atoms with Crippen molar-refractivity contribution in [3.05, 3.63) is 89.7 Å². The molecule has 0 unspecified atom stereocenters. The summed E-state index contributed by atoms with van der Waals surface area (Å²) in [7, 11) is -7.94. The Hall–Kier alpha value is -3.65. The van der Waals surface area contributed by atoms with Crippen LogP contribution < -0.4 is 9.04 Å². The molecule has 3 aromatic carbocycles. The number of carbonyl (C=O) groups excluding carboxylic acids is 1. The van der Waals surface area contributed by atoms with Crippen LogP contribution in [0, 0.1) is 5.82 Å². The third-order valence-corrected chi connectivity index (χ3v) is 10.2. The van der Waals surface area contributed by atoms with E-state index in [9.17, 15) is 39.2 Å². The lowest BCUT2D eigenvalue weighted by Crippen LogP contribution is -2.44. The molecule has 0 fully saturated rings. The standard InChI is InChI=1S/C29H29F4NO7S2/c1-28(2,29(31,32)33)41-27(35)17-21-8-13-26-25(16-21)34(43(38,39)24-11-9-22(30)10-12-24)18-23(40-26)14-15-42(36,37)19-20-6-4-3-5-7-20/h3-13,16,23H,14-15,17-19H2,1-2H3/t23-/m0/s1. The van der Waals surface area contributed by atoms with Gasteiger partial charge in [-0.05, 0) is 67.8 Å². The molecule has 0 saturated heterocycles. The number of sulfonamides is 1. The number of hydrogen-bond donors (Lipinski definition) is 0. The van der Waals surface area contributed by atoms with E-state index in [-0.39, 0.29) is 46.4 Å². The molecule has 0 saturated carbocycles. The number of anilines is 1. The van der Waals surface area contributed by atoms with Crippen LogP contribution in [0.4, 0.5) is 23.2 Å². The molecule has 232 valence electrons. The fraction of sp³-hybridized carbons (Fsp3) is 0.345. The number of esters is 1. The highest BCUT2D eigenvalue weighted by atomic mass is 32.2. The zero-order valence-electron chi connectivity index (χ0n) is 23.2. The molecule has 0 amide bonds. The summed E-state index contributed by atoms with van der Waals surface area (Å²) < 4.78 is 118. The highest BCUT2D eigenvalue weighted by Gasteiger charge is 2.50. The summed E-state index contributed by atoms with van der Waals surface area (Å²) in [5.41, 5.74) is -2.02. The number of rotatable bonds is 10. The minimum atomic E-state index is -4.81. The average molecular weight is 644 g/mol. The molecule has 0 bridgehead atoms. The summed E-state index contributed by atoms with van der Waals surface area (Å²) in [4.78, 5) is 12.1. The van der Waals surface area contributed by atoms with E-state index in [0.29, 0.717) is 19.4 Å². The molecule has 0 aliphatic carbocycles. The fourth-order valence-electron chi connectivity index (χ4n) is 4.34. The summed E-state index contributed by atoms with van der Waals surface area (Å²) in [6.07, 6.45) is -6.35. The van der Waals surface area contributed by atoms with Gasteiger partial charge in [-0.1, -0.05) is 36.4 Å². The first-order valence-corrected chi connectivity index (χ1v) is 16.3. The monoisotopic (exact) mass is 643 g/mol. The first-order chi connectivity index (χ1) is 20.0. The molecule has 0 spiro atoms. The molecule has 1 aliphatic rings. The predicted molar refractivity (Wildman–Crippen MR) is 150 cm³/mol. The van der Waals surface area contributed by atoms with E-state index < -0.39 is 55.9 Å². The van der Waals surface area contributed by atoms with E-state index in [1.807, 2.05) is 0 Å². The van der Waals surface area contributed by atoms with Crippen LogP contribution in [0.3, 0.4) is 0 Å². The van der Waals surface area contributed by atoms with Gasteiger partial charge in [0.1, 0.15) is 17.7 Å². The molecule has 3 aromatic rings. The number of ether oxygens (including phenoxy) is 2. The van der Waals surface area contributed by atoms with Gasteiger partial charge in [0.15, 0.2) is 9.84 Å². The Morgan fingerprint density at radius 3 is 2.23 bits per heavy atom. The molecule has 0 N–H and O–H groups in total. The van der Waals surface area contributed by atoms with Gasteiger partial charge < -0.3 is 9.47 Å². The maximum Gasteiger partial charge on any atom is 0.427 e. The van der Waals surface area contributed by atoms with Gasteiger partial charge in [0.05, 0.1) is 35.1 Å². The van der Waals surface area contributed by atoms with Crippen LogP contribution in [0.2, 0.25) is 0 Å². The Bertz CT molecular complexity index is 1680. The maximum absolute atomic E-state index is 13.7. The lowest BCUT2D eigenvalue weighted by Gasteiger charge is -2.36. The van der Waals surface area contributed by atoms with Crippen LogP contribution >= 0.6 is 0 Å². The Morgan fingerprint density at radius 1 is 0.953 bits per heavy atom. The van der Waals surface area contributed by atoms with E-state index in [1.54, 1.807) is 30.3 Å². The normalized spacial score (nSPS) is 15.9. The summed E-state index contributed by atoms with van der Waals surface area (Å²) in [6, 6.07) is 16.6. The average Bonchev–Trinajstić information content (AvgIpc) is 2.91. The first-order valence-electron chi connectivity index (χ1n) is 13.1. The highest BCUT2D eigenvalue weighted by Crippen LogP contribution is 2.39. The largest absolute Gasteiger partial charge is 0.486 e. The first kappa shape index (κ1) is 32.3. The summed E-state index contributed by atoms with van der Waals surface area (Å²) in [5, 5.41) is 0. The van der Waals surface area contributed by atoms with Crippen LogP contribution in [0.25, 0.3) is 0 Å². The Morgan fingerprint density at radius 2 is 1.60 bits per heavy atom. The highest BCUT2D eigenvalue weighted by molar-refractivity contribution is 7.92. The van der Waals surface area contributed by atoms with E-state index in [4.69, 9.17) is 4.74 Å². The van der Waals surface area contributed by atoms with Gasteiger partial charge in [-0.25, -0.2) is 21.2 Å². The molecular formula is C29H29F4NO7S2. The second-order valence-corrected chi connectivity index (χ2v) is 14.6. The number of carbonyl (C=O) groups is 1. The summed E-state index contributed by atoms with van der Waals surface area (Å²) in [6.45, 7) is 1.11. The number of benzene rings is 3. The van der Waals surface area contributed by atoms with Crippen molar-refractivity contribution in [2.75, 3.05) is 16.6 Å². The van der Waals surface area contributed by atoms with Crippen molar-refractivity contribution in [2.24, 2.45) is 0 Å². The van der Waals surface area contributed by atoms with E-state index in [1.165, 1.54) is 18.2 Å². The third kappa shape index (κ3) is 7.85. The quantitative estimate of drug-likeness (QED) is 0.221. The van der Waals surface area contributed by atoms with Gasteiger partial charge in [0.2, 0.25) is 5.60 Å². The molecule has 1 aliphatic heterocycles. The second kappa shape index (κ2) is 12.2. The molecule has 0 radical (unpaired) electrons. The SMILES string of the molecule is CC(C)(OC(=O)Cc1ccc2c(c1)N(S(=O)(=O)c1ccc(F)cc1)C[C@H](CCS(=O)(=O)Cc1ccccc1)O2)C(F)(F)F. The van der Waals surface area contributed by atoms with Gasteiger partial charge in [-0.3, -0.25) is 9.10 Å². The van der Waals surface area contributed by atoms with Gasteiger partial charge >= 0.3 is 12.1 Å². The molecular weight excluding hydrogens is 614 g/mol. The van der Waals surface area contributed by atoms with Crippen molar-refractivity contribution >= 4 is 31.5 Å². The Kier molecular flexibility index (Phi) is 9.12. The van der Waals surface area contributed by atoms with Gasteiger partial charge in [0.25, 0.3) is 10.0 Å². The van der Waals surface area contributed by atoms with Gasteiger partial charge in [-0.15, -0.1) is 0 Å². The number of sulfone groups is 1. The van der Waals surface area contributed by atoms with Gasteiger partial charge in [-0.2, -0.15) is 13.2 Å². The van der Waals surface area contributed by atoms with E-state index in [0.717, 1.165) is 28.6 Å². The molecule has 8 nitrogen and oxygen atoms in total. The van der Waals surface area contributed by atoms with Crippen LogP contribution in [0.1, 0.15) is 31.4 Å². The number of halogens is 4. The number of hydrogen-bond acceptors (Lipinski definition) is 7. The van der Waals surface area contributed by atoms with Crippen molar-refractivity contribution in [1.82, 2.24) is 0 Å². The lowest BCUT2D eigenvalue weighted by molar-refractivity contribution is -0.257. The Balaban J connectivity index is 1.61. The van der Waals surface area contributed by atoms with Crippen LogP contribution in [-0.2, 0) is 41.6 Å². The topological polar surface area (TPSA) is 107 Å². The van der Waals surface area contributed by atoms with Crippen molar-refractivity contribution in [2.45, 2.75) is 55.2 Å². The third-order valence-electron chi connectivity index (χ3n) is 6.74. The maximum atomic E-state index is 13.7. The second-order valence-electron chi connectivity index (χ2n) is 10.6. The molecule has 1 atom stereocenters. The zero-order valence-corrected chi connectivity index (χ0v) is 24.8. The van der Waals surface area contributed by atoms with E-state index in [2.05, 4.69) is 4.74 Å². The number of nitrogens with zero attached hydrogens (tertiary/aromatic N) is 1. The number of alkyl halides is 3. The Labute approximate surface area is 247 Å². The molecule has 1 heterocycles. The molecule has 14 heteroatoms. The molecule has 43 heavy (non-hydrogen) atoms. The lowest BCUT2D eigenvalue weighted by atomic mass is 10.1. The smallest absolute Gasteiger partial charge is 0.427 e. The molecule has 4 rings (SSSR count). The summed E-state index contributed by atoms with van der Waals surface area (Å²) in [5.74, 6) is -2.31. The zero-order chi connectivity index (χ0) is 31.6. The van der Waals surface area contributed by atoms with Crippen molar-refractivity contribution in [3.63, 3.8) is 0 Å². The van der Waals surface area contributed by atoms with Crippen LogP contribution in [0.15, 0.2) is 77.7 Å². The minimum absolute atomic E-state index is 0.0203. The van der Waals surface area contributed by atoms with Crippen LogP contribution in [-0.4, -0.2) is 53.0 Å². The minimum Gasteiger partial charge on any atom is -0.486 e. The van der Waals surface area contributed by atoms with Crippen LogP contribution in [0.5, 0.6) is 5.75 Å². The molecule has 0 aromatic heterocycles. The fourth-order valence-corrected chi connectivity index (χ4v) is 7.30. The van der Waals surface area contributed by atoms with Crippen molar-refractivity contribution in [1.29, 1.82) is 0 Å².